The maximum absolute atomic E-state index is 14.0. The Morgan fingerprint density at radius 3 is 3.04 bits per heavy atom. The molecule has 0 spiro atoms. The first-order valence-corrected chi connectivity index (χ1v) is 9.29. The number of hydrogen-bond donors (Lipinski definition) is 1. The zero-order chi connectivity index (χ0) is 18.5. The van der Waals surface area contributed by atoms with Crippen molar-refractivity contribution in [2.45, 2.75) is 32.9 Å². The molecule has 140 valence electrons. The van der Waals surface area contributed by atoms with Crippen LogP contribution in [0.25, 0.3) is 0 Å². The molecule has 3 rings (SSSR count). The van der Waals surface area contributed by atoms with E-state index in [9.17, 15) is 9.18 Å². The summed E-state index contributed by atoms with van der Waals surface area (Å²) in [5, 5.41) is 11.8. The van der Waals surface area contributed by atoms with E-state index in [1.54, 1.807) is 23.0 Å². The van der Waals surface area contributed by atoms with Crippen LogP contribution in [0.2, 0.25) is 5.02 Å². The molecule has 1 aliphatic rings. The summed E-state index contributed by atoms with van der Waals surface area (Å²) in [4.78, 5) is 14.3. The standard InChI is InChI=1S/C18H23ClFN5O/c1-2-24(11-14-15(19)6-3-7-16(14)20)18(26)17-12-25(23-22-17)10-13-5-4-8-21-9-13/h3,6-7,12-13,21H,2,4-5,8-11H2,1H3/t13-/m0/s1. The molecule has 1 amide bonds. The van der Waals surface area contributed by atoms with Crippen LogP contribution in [0.5, 0.6) is 0 Å². The zero-order valence-electron chi connectivity index (χ0n) is 14.8. The molecule has 2 aromatic rings. The maximum atomic E-state index is 14.0. The summed E-state index contributed by atoms with van der Waals surface area (Å²) in [6.07, 6.45) is 3.96. The van der Waals surface area contributed by atoms with Crippen molar-refractivity contribution >= 4 is 17.5 Å². The number of carbonyl (C=O) groups is 1. The van der Waals surface area contributed by atoms with Gasteiger partial charge in [0, 0.05) is 23.7 Å². The normalized spacial score (nSPS) is 17.3. The highest BCUT2D eigenvalue weighted by molar-refractivity contribution is 6.31. The molecule has 1 fully saturated rings. The molecule has 1 saturated heterocycles. The van der Waals surface area contributed by atoms with Crippen LogP contribution < -0.4 is 5.32 Å². The van der Waals surface area contributed by atoms with Crippen molar-refractivity contribution in [3.05, 3.63) is 46.5 Å². The van der Waals surface area contributed by atoms with Gasteiger partial charge in [-0.1, -0.05) is 22.9 Å². The Morgan fingerprint density at radius 1 is 1.50 bits per heavy atom. The molecule has 1 aromatic carbocycles. The summed E-state index contributed by atoms with van der Waals surface area (Å²) in [6.45, 7) is 5.10. The van der Waals surface area contributed by atoms with Gasteiger partial charge in [0.15, 0.2) is 5.69 Å². The van der Waals surface area contributed by atoms with Crippen LogP contribution >= 0.6 is 11.6 Å². The lowest BCUT2D eigenvalue weighted by Gasteiger charge is -2.22. The number of nitrogens with zero attached hydrogens (tertiary/aromatic N) is 4. The molecule has 2 heterocycles. The number of halogens is 2. The molecule has 26 heavy (non-hydrogen) atoms. The van der Waals surface area contributed by atoms with E-state index in [2.05, 4.69) is 15.6 Å². The fourth-order valence-corrected chi connectivity index (χ4v) is 3.42. The van der Waals surface area contributed by atoms with Gasteiger partial charge in [-0.25, -0.2) is 4.39 Å². The summed E-state index contributed by atoms with van der Waals surface area (Å²) in [5.74, 6) is -0.204. The molecule has 0 radical (unpaired) electrons. The van der Waals surface area contributed by atoms with E-state index in [0.29, 0.717) is 23.0 Å². The zero-order valence-corrected chi connectivity index (χ0v) is 15.5. The van der Waals surface area contributed by atoms with Crippen LogP contribution in [0.4, 0.5) is 4.39 Å². The van der Waals surface area contributed by atoms with Gasteiger partial charge in [0.2, 0.25) is 0 Å². The van der Waals surface area contributed by atoms with E-state index in [4.69, 9.17) is 11.6 Å². The van der Waals surface area contributed by atoms with Crippen LogP contribution in [0, 0.1) is 11.7 Å². The molecule has 1 atom stereocenters. The third kappa shape index (κ3) is 4.40. The topological polar surface area (TPSA) is 63.1 Å². The van der Waals surface area contributed by atoms with Gasteiger partial charge in [-0.15, -0.1) is 5.10 Å². The van der Waals surface area contributed by atoms with Gasteiger partial charge in [0.05, 0.1) is 12.7 Å². The molecule has 0 saturated carbocycles. The van der Waals surface area contributed by atoms with Gasteiger partial charge in [0.25, 0.3) is 5.91 Å². The van der Waals surface area contributed by atoms with Gasteiger partial charge in [-0.2, -0.15) is 0 Å². The largest absolute Gasteiger partial charge is 0.333 e. The predicted molar refractivity (Wildman–Crippen MR) is 97.4 cm³/mol. The molecule has 0 bridgehead atoms. The Morgan fingerprint density at radius 2 is 2.35 bits per heavy atom. The van der Waals surface area contributed by atoms with Crippen molar-refractivity contribution < 1.29 is 9.18 Å². The second-order valence-electron chi connectivity index (χ2n) is 6.56. The highest BCUT2D eigenvalue weighted by atomic mass is 35.5. The Kier molecular flexibility index (Phi) is 6.21. The van der Waals surface area contributed by atoms with Gasteiger partial charge in [-0.05, 0) is 50.9 Å². The van der Waals surface area contributed by atoms with Crippen molar-refractivity contribution in [1.82, 2.24) is 25.2 Å². The van der Waals surface area contributed by atoms with E-state index in [-0.39, 0.29) is 18.1 Å². The Labute approximate surface area is 157 Å². The highest BCUT2D eigenvalue weighted by Crippen LogP contribution is 2.21. The quantitative estimate of drug-likeness (QED) is 0.838. The summed E-state index contributed by atoms with van der Waals surface area (Å²) in [7, 11) is 0. The summed E-state index contributed by atoms with van der Waals surface area (Å²) in [6, 6.07) is 4.51. The lowest BCUT2D eigenvalue weighted by molar-refractivity contribution is 0.0745. The van der Waals surface area contributed by atoms with E-state index in [0.717, 1.165) is 32.5 Å². The van der Waals surface area contributed by atoms with Gasteiger partial charge in [-0.3, -0.25) is 9.48 Å². The minimum absolute atomic E-state index is 0.0975. The third-order valence-electron chi connectivity index (χ3n) is 4.68. The van der Waals surface area contributed by atoms with Crippen LogP contribution in [-0.2, 0) is 13.1 Å². The summed E-state index contributed by atoms with van der Waals surface area (Å²) in [5.41, 5.74) is 0.577. The molecule has 6 nitrogen and oxygen atoms in total. The average Bonchev–Trinajstić information content (AvgIpc) is 3.10. The van der Waals surface area contributed by atoms with Crippen molar-refractivity contribution in [2.24, 2.45) is 5.92 Å². The van der Waals surface area contributed by atoms with E-state index in [1.165, 1.54) is 11.0 Å². The van der Waals surface area contributed by atoms with Gasteiger partial charge < -0.3 is 10.2 Å². The summed E-state index contributed by atoms with van der Waals surface area (Å²) < 4.78 is 15.7. The first-order valence-electron chi connectivity index (χ1n) is 8.91. The number of rotatable bonds is 6. The lowest BCUT2D eigenvalue weighted by atomic mass is 10.00. The van der Waals surface area contributed by atoms with Crippen molar-refractivity contribution in [2.75, 3.05) is 19.6 Å². The second-order valence-corrected chi connectivity index (χ2v) is 6.96. The minimum atomic E-state index is -0.419. The first kappa shape index (κ1) is 18.8. The molecule has 1 aromatic heterocycles. The number of piperidine rings is 1. The molecule has 1 aliphatic heterocycles. The SMILES string of the molecule is CCN(Cc1c(F)cccc1Cl)C(=O)c1cn(C[C@H]2CCCNC2)nn1. The summed E-state index contributed by atoms with van der Waals surface area (Å²) >= 11 is 6.08. The van der Waals surface area contributed by atoms with Crippen LogP contribution in [0.3, 0.4) is 0 Å². The maximum Gasteiger partial charge on any atom is 0.276 e. The lowest BCUT2D eigenvalue weighted by Crippen LogP contribution is -2.32. The Hall–Kier alpha value is -1.99. The van der Waals surface area contributed by atoms with Crippen LogP contribution in [0.15, 0.2) is 24.4 Å². The van der Waals surface area contributed by atoms with Crippen molar-refractivity contribution in [3.8, 4) is 0 Å². The number of aromatic nitrogens is 3. The molecule has 0 aliphatic carbocycles. The van der Waals surface area contributed by atoms with Crippen molar-refractivity contribution in [3.63, 3.8) is 0 Å². The highest BCUT2D eigenvalue weighted by Gasteiger charge is 2.21. The number of carbonyl (C=O) groups excluding carboxylic acids is 1. The second kappa shape index (κ2) is 8.60. The average molecular weight is 380 g/mol. The predicted octanol–water partition coefficient (Wildman–Crippen LogP) is 2.73. The Bertz CT molecular complexity index is 740. The fraction of sp³-hybridized carbons (Fsp3) is 0.500. The fourth-order valence-electron chi connectivity index (χ4n) is 3.19. The van der Waals surface area contributed by atoms with Crippen LogP contribution in [-0.4, -0.2) is 45.4 Å². The number of amides is 1. The first-order chi connectivity index (χ1) is 12.6. The molecule has 1 N–H and O–H groups in total. The van der Waals surface area contributed by atoms with E-state index < -0.39 is 5.82 Å². The van der Waals surface area contributed by atoms with Crippen LogP contribution in [0.1, 0.15) is 35.8 Å². The van der Waals surface area contributed by atoms with E-state index in [1.807, 2.05) is 6.92 Å². The molecular formula is C18H23ClFN5O. The van der Waals surface area contributed by atoms with Gasteiger partial charge in [0.1, 0.15) is 5.82 Å². The third-order valence-corrected chi connectivity index (χ3v) is 5.04. The smallest absolute Gasteiger partial charge is 0.276 e. The number of hydrogen-bond acceptors (Lipinski definition) is 4. The Balaban J connectivity index is 1.68. The number of benzene rings is 1. The van der Waals surface area contributed by atoms with Gasteiger partial charge >= 0.3 is 0 Å². The minimum Gasteiger partial charge on any atom is -0.333 e. The number of nitrogens with one attached hydrogen (secondary N) is 1. The molecule has 0 unspecified atom stereocenters. The molecular weight excluding hydrogens is 357 g/mol. The van der Waals surface area contributed by atoms with E-state index >= 15 is 0 Å². The van der Waals surface area contributed by atoms with Crippen molar-refractivity contribution in [1.29, 1.82) is 0 Å². The monoisotopic (exact) mass is 379 g/mol. The molecule has 8 heteroatoms.